The highest BCUT2D eigenvalue weighted by Gasteiger charge is 2.18. The normalized spacial score (nSPS) is 14.6. The Morgan fingerprint density at radius 3 is 2.42 bits per heavy atom. The molecule has 0 aliphatic rings. The summed E-state index contributed by atoms with van der Waals surface area (Å²) in [7, 11) is 1.77. The molecule has 0 radical (unpaired) electrons. The Bertz CT molecular complexity index is 329. The second-order valence-electron chi connectivity index (χ2n) is 4.91. The van der Waals surface area contributed by atoms with E-state index in [1.807, 2.05) is 0 Å². The third kappa shape index (κ3) is 5.31. The third-order valence-electron chi connectivity index (χ3n) is 3.51. The van der Waals surface area contributed by atoms with Crippen molar-refractivity contribution in [3.05, 3.63) is 35.9 Å². The highest BCUT2D eigenvalue weighted by atomic mass is 16.5. The van der Waals surface area contributed by atoms with Gasteiger partial charge in [0.2, 0.25) is 0 Å². The van der Waals surface area contributed by atoms with Crippen LogP contribution in [-0.4, -0.2) is 44.3 Å². The summed E-state index contributed by atoms with van der Waals surface area (Å²) in [6.45, 7) is 10.4. The zero-order valence-electron chi connectivity index (χ0n) is 12.7. The maximum Gasteiger partial charge on any atom is 0.0615 e. The maximum atomic E-state index is 5.27. The molecule has 0 fully saturated rings. The number of benzene rings is 1. The van der Waals surface area contributed by atoms with Crippen molar-refractivity contribution in [2.75, 3.05) is 33.4 Å². The third-order valence-corrected chi connectivity index (χ3v) is 3.51. The Kier molecular flexibility index (Phi) is 7.72. The smallest absolute Gasteiger partial charge is 0.0615 e. The molecule has 1 aromatic rings. The second kappa shape index (κ2) is 9.08. The van der Waals surface area contributed by atoms with Gasteiger partial charge in [-0.05, 0) is 25.6 Å². The molecule has 3 heteroatoms. The lowest BCUT2D eigenvalue weighted by Crippen LogP contribution is -2.42. The molecule has 0 heterocycles. The molecule has 0 saturated heterocycles. The molecule has 0 aliphatic carbocycles. The summed E-state index contributed by atoms with van der Waals surface area (Å²) in [5.41, 5.74) is 1.35. The van der Waals surface area contributed by atoms with E-state index >= 15 is 0 Å². The quantitative estimate of drug-likeness (QED) is 0.742. The molecule has 1 rings (SSSR count). The fraction of sp³-hybridized carbons (Fsp3) is 0.625. The molecule has 1 aromatic carbocycles. The lowest BCUT2D eigenvalue weighted by Gasteiger charge is -2.31. The van der Waals surface area contributed by atoms with Crippen LogP contribution in [0.2, 0.25) is 0 Å². The van der Waals surface area contributed by atoms with Crippen LogP contribution < -0.4 is 5.32 Å². The predicted octanol–water partition coefficient (Wildman–Crippen LogP) is 2.69. The lowest BCUT2D eigenvalue weighted by atomic mass is 10.1. The van der Waals surface area contributed by atoms with E-state index in [2.05, 4.69) is 61.3 Å². The summed E-state index contributed by atoms with van der Waals surface area (Å²) in [4.78, 5) is 2.46. The van der Waals surface area contributed by atoms with Gasteiger partial charge >= 0.3 is 0 Å². The van der Waals surface area contributed by atoms with Gasteiger partial charge in [0.1, 0.15) is 0 Å². The van der Waals surface area contributed by atoms with Crippen LogP contribution in [0.4, 0.5) is 0 Å². The highest BCUT2D eigenvalue weighted by molar-refractivity contribution is 5.19. The van der Waals surface area contributed by atoms with E-state index in [4.69, 9.17) is 4.74 Å². The fourth-order valence-electron chi connectivity index (χ4n) is 2.42. The van der Waals surface area contributed by atoms with E-state index in [-0.39, 0.29) is 0 Å². The minimum Gasteiger partial charge on any atom is -0.383 e. The van der Waals surface area contributed by atoms with E-state index < -0.39 is 0 Å². The number of methoxy groups -OCH3 is 1. The SMILES string of the molecule is CCNC(CN(CC)C(C)COC)c1ccccc1. The molecule has 0 aromatic heterocycles. The van der Waals surface area contributed by atoms with Crippen LogP contribution in [0.25, 0.3) is 0 Å². The van der Waals surface area contributed by atoms with Crippen LogP contribution in [0.15, 0.2) is 30.3 Å². The summed E-state index contributed by atoms with van der Waals surface area (Å²) >= 11 is 0. The Labute approximate surface area is 118 Å². The van der Waals surface area contributed by atoms with E-state index in [9.17, 15) is 0 Å². The van der Waals surface area contributed by atoms with Crippen molar-refractivity contribution in [2.24, 2.45) is 0 Å². The fourth-order valence-corrected chi connectivity index (χ4v) is 2.42. The first-order chi connectivity index (χ1) is 9.22. The van der Waals surface area contributed by atoms with Crippen molar-refractivity contribution in [3.8, 4) is 0 Å². The van der Waals surface area contributed by atoms with Crippen molar-refractivity contribution in [2.45, 2.75) is 32.9 Å². The molecule has 3 nitrogen and oxygen atoms in total. The molecule has 2 unspecified atom stereocenters. The molecule has 0 aliphatic heterocycles. The summed E-state index contributed by atoms with van der Waals surface area (Å²) in [5.74, 6) is 0. The Hall–Kier alpha value is -0.900. The average molecular weight is 264 g/mol. The van der Waals surface area contributed by atoms with Gasteiger partial charge in [-0.25, -0.2) is 0 Å². The lowest BCUT2D eigenvalue weighted by molar-refractivity contribution is 0.0957. The van der Waals surface area contributed by atoms with E-state index in [0.717, 1.165) is 26.2 Å². The molecule has 0 spiro atoms. The van der Waals surface area contributed by atoms with Gasteiger partial charge in [0, 0.05) is 25.7 Å². The standard InChI is InChI=1S/C16H28N2O/c1-5-17-16(15-10-8-7-9-11-15)12-18(6-2)14(3)13-19-4/h7-11,14,16-17H,5-6,12-13H2,1-4H3. The number of nitrogens with zero attached hydrogens (tertiary/aromatic N) is 1. The zero-order valence-corrected chi connectivity index (χ0v) is 12.7. The van der Waals surface area contributed by atoms with E-state index in [1.54, 1.807) is 7.11 Å². The second-order valence-corrected chi connectivity index (χ2v) is 4.91. The van der Waals surface area contributed by atoms with Gasteiger partial charge in [0.15, 0.2) is 0 Å². The van der Waals surface area contributed by atoms with Crippen LogP contribution >= 0.6 is 0 Å². The van der Waals surface area contributed by atoms with Crippen LogP contribution in [0, 0.1) is 0 Å². The Morgan fingerprint density at radius 2 is 1.89 bits per heavy atom. The van der Waals surface area contributed by atoms with Gasteiger partial charge in [-0.2, -0.15) is 0 Å². The molecule has 108 valence electrons. The topological polar surface area (TPSA) is 24.5 Å². The number of rotatable bonds is 9. The minimum absolute atomic E-state index is 0.380. The summed E-state index contributed by atoms with van der Waals surface area (Å²) < 4.78 is 5.27. The summed E-state index contributed by atoms with van der Waals surface area (Å²) in [5, 5.41) is 3.58. The van der Waals surface area contributed by atoms with Crippen LogP contribution in [0.1, 0.15) is 32.4 Å². The van der Waals surface area contributed by atoms with Gasteiger partial charge < -0.3 is 10.1 Å². The number of hydrogen-bond donors (Lipinski definition) is 1. The molecule has 0 amide bonds. The average Bonchev–Trinajstić information content (AvgIpc) is 2.44. The van der Waals surface area contributed by atoms with E-state index in [0.29, 0.717) is 12.1 Å². The molecular formula is C16H28N2O. The first-order valence-corrected chi connectivity index (χ1v) is 7.24. The van der Waals surface area contributed by atoms with E-state index in [1.165, 1.54) is 5.56 Å². The molecule has 19 heavy (non-hydrogen) atoms. The van der Waals surface area contributed by atoms with Gasteiger partial charge in [0.25, 0.3) is 0 Å². The molecular weight excluding hydrogens is 236 g/mol. The molecule has 1 N–H and O–H groups in total. The zero-order chi connectivity index (χ0) is 14.1. The number of nitrogens with one attached hydrogen (secondary N) is 1. The van der Waals surface area contributed by atoms with Crippen molar-refractivity contribution < 1.29 is 4.74 Å². The van der Waals surface area contributed by atoms with Crippen molar-refractivity contribution in [3.63, 3.8) is 0 Å². The van der Waals surface area contributed by atoms with Crippen LogP contribution in [0.5, 0.6) is 0 Å². The highest BCUT2D eigenvalue weighted by Crippen LogP contribution is 2.15. The van der Waals surface area contributed by atoms with Gasteiger partial charge in [-0.3, -0.25) is 4.90 Å². The largest absolute Gasteiger partial charge is 0.383 e. The van der Waals surface area contributed by atoms with Gasteiger partial charge in [-0.15, -0.1) is 0 Å². The number of likely N-dealkylation sites (N-methyl/N-ethyl adjacent to an activating group) is 2. The van der Waals surface area contributed by atoms with Crippen molar-refractivity contribution >= 4 is 0 Å². The van der Waals surface area contributed by atoms with Crippen LogP contribution in [0.3, 0.4) is 0 Å². The monoisotopic (exact) mass is 264 g/mol. The van der Waals surface area contributed by atoms with Gasteiger partial charge in [0.05, 0.1) is 6.61 Å². The first kappa shape index (κ1) is 16.2. The summed E-state index contributed by atoms with van der Waals surface area (Å²) in [6.07, 6.45) is 0. The number of ether oxygens (including phenoxy) is 1. The first-order valence-electron chi connectivity index (χ1n) is 7.24. The molecule has 2 atom stereocenters. The van der Waals surface area contributed by atoms with Crippen LogP contribution in [-0.2, 0) is 4.74 Å². The Balaban J connectivity index is 2.71. The Morgan fingerprint density at radius 1 is 1.21 bits per heavy atom. The molecule has 0 saturated carbocycles. The van der Waals surface area contributed by atoms with Crippen molar-refractivity contribution in [1.29, 1.82) is 0 Å². The van der Waals surface area contributed by atoms with Gasteiger partial charge in [-0.1, -0.05) is 44.2 Å². The molecule has 0 bridgehead atoms. The number of hydrogen-bond acceptors (Lipinski definition) is 3. The maximum absolute atomic E-state index is 5.27. The summed E-state index contributed by atoms with van der Waals surface area (Å²) in [6, 6.07) is 11.5. The predicted molar refractivity (Wildman–Crippen MR) is 81.4 cm³/mol. The van der Waals surface area contributed by atoms with Crippen molar-refractivity contribution in [1.82, 2.24) is 10.2 Å². The minimum atomic E-state index is 0.380.